The molecule has 0 atom stereocenters. The molecule has 0 saturated heterocycles. The van der Waals surface area contributed by atoms with E-state index in [-0.39, 0.29) is 16.5 Å². The largest absolute Gasteiger partial charge is 0.496 e. The molecule has 0 aliphatic carbocycles. The van der Waals surface area contributed by atoms with Crippen molar-refractivity contribution in [3.05, 3.63) is 57.6 Å². The van der Waals surface area contributed by atoms with Crippen molar-refractivity contribution in [2.45, 2.75) is 18.4 Å². The summed E-state index contributed by atoms with van der Waals surface area (Å²) in [5.41, 5.74) is 1.37. The number of para-hydroxylation sites is 1. The molecular formula is C15H15Cl2NO3S. The van der Waals surface area contributed by atoms with Gasteiger partial charge in [-0.25, -0.2) is 13.1 Å². The summed E-state index contributed by atoms with van der Waals surface area (Å²) in [6.45, 7) is 1.82. The van der Waals surface area contributed by atoms with Gasteiger partial charge in [0.25, 0.3) is 0 Å². The standard InChI is InChI=1S/C15H15Cl2NO3S/c1-10-7-15(13(17)8-12(10)16)22(19,20)18-9-11-5-3-4-6-14(11)21-2/h3-8,18H,9H2,1-2H3. The van der Waals surface area contributed by atoms with Gasteiger partial charge in [0.15, 0.2) is 0 Å². The van der Waals surface area contributed by atoms with Gasteiger partial charge in [-0.15, -0.1) is 0 Å². The van der Waals surface area contributed by atoms with Gasteiger partial charge in [0.05, 0.1) is 12.1 Å². The molecule has 4 nitrogen and oxygen atoms in total. The zero-order valence-electron chi connectivity index (χ0n) is 12.1. The molecule has 0 amide bonds. The molecule has 7 heteroatoms. The van der Waals surface area contributed by atoms with Crippen LogP contribution in [0, 0.1) is 6.92 Å². The van der Waals surface area contributed by atoms with Crippen LogP contribution in [0.3, 0.4) is 0 Å². The number of rotatable bonds is 5. The van der Waals surface area contributed by atoms with Gasteiger partial charge in [-0.05, 0) is 30.7 Å². The summed E-state index contributed by atoms with van der Waals surface area (Å²) in [5, 5.41) is 0.511. The van der Waals surface area contributed by atoms with E-state index in [1.54, 1.807) is 19.1 Å². The monoisotopic (exact) mass is 359 g/mol. The maximum absolute atomic E-state index is 12.4. The van der Waals surface area contributed by atoms with Crippen LogP contribution in [-0.2, 0) is 16.6 Å². The molecule has 0 aromatic heterocycles. The van der Waals surface area contributed by atoms with Crippen molar-refractivity contribution in [2.24, 2.45) is 0 Å². The summed E-state index contributed by atoms with van der Waals surface area (Å²) in [6, 6.07) is 10.1. The van der Waals surface area contributed by atoms with Crippen molar-refractivity contribution in [3.63, 3.8) is 0 Å². The second-order valence-corrected chi connectivity index (χ2v) is 7.22. The predicted octanol–water partition coefficient (Wildman–Crippen LogP) is 3.79. The number of nitrogens with one attached hydrogen (secondary N) is 1. The first kappa shape index (κ1) is 17.1. The van der Waals surface area contributed by atoms with Gasteiger partial charge >= 0.3 is 0 Å². The third-order valence-corrected chi connectivity index (χ3v) is 5.42. The predicted molar refractivity (Wildman–Crippen MR) is 88.2 cm³/mol. The topological polar surface area (TPSA) is 55.4 Å². The number of sulfonamides is 1. The van der Waals surface area contributed by atoms with Crippen LogP contribution < -0.4 is 9.46 Å². The lowest BCUT2D eigenvalue weighted by atomic mass is 10.2. The second kappa shape index (κ2) is 6.87. The Balaban J connectivity index is 2.27. The van der Waals surface area contributed by atoms with Crippen LogP contribution in [-0.4, -0.2) is 15.5 Å². The maximum Gasteiger partial charge on any atom is 0.242 e. The highest BCUT2D eigenvalue weighted by molar-refractivity contribution is 7.89. The van der Waals surface area contributed by atoms with Gasteiger partial charge in [-0.2, -0.15) is 0 Å². The molecule has 0 radical (unpaired) electrons. The second-order valence-electron chi connectivity index (χ2n) is 4.67. The summed E-state index contributed by atoms with van der Waals surface area (Å²) in [4.78, 5) is 0.00552. The van der Waals surface area contributed by atoms with E-state index in [2.05, 4.69) is 4.72 Å². The number of hydrogen-bond acceptors (Lipinski definition) is 3. The Labute approximate surface area is 140 Å². The van der Waals surface area contributed by atoms with Gasteiger partial charge in [0.2, 0.25) is 10.0 Å². The number of ether oxygens (including phenoxy) is 1. The van der Waals surface area contributed by atoms with E-state index in [1.807, 2.05) is 12.1 Å². The highest BCUT2D eigenvalue weighted by atomic mass is 35.5. The van der Waals surface area contributed by atoms with Gasteiger partial charge in [0.1, 0.15) is 10.6 Å². The highest BCUT2D eigenvalue weighted by Gasteiger charge is 2.19. The SMILES string of the molecule is COc1ccccc1CNS(=O)(=O)c1cc(C)c(Cl)cc1Cl. The first-order valence-electron chi connectivity index (χ1n) is 6.42. The van der Waals surface area contributed by atoms with Crippen molar-refractivity contribution in [1.29, 1.82) is 0 Å². The molecule has 0 fully saturated rings. The molecule has 0 aliphatic rings. The van der Waals surface area contributed by atoms with Crippen molar-refractivity contribution in [1.82, 2.24) is 4.72 Å². The summed E-state index contributed by atoms with van der Waals surface area (Å²) in [5.74, 6) is 0.614. The molecule has 22 heavy (non-hydrogen) atoms. The van der Waals surface area contributed by atoms with Crippen LogP contribution in [0.2, 0.25) is 10.0 Å². The summed E-state index contributed by atoms with van der Waals surface area (Å²) >= 11 is 11.9. The number of halogens is 2. The van der Waals surface area contributed by atoms with Crippen molar-refractivity contribution in [3.8, 4) is 5.75 Å². The molecule has 2 rings (SSSR count). The van der Waals surface area contributed by atoms with Gasteiger partial charge in [-0.3, -0.25) is 0 Å². The zero-order chi connectivity index (χ0) is 16.3. The fourth-order valence-electron chi connectivity index (χ4n) is 1.94. The molecule has 0 spiro atoms. The van der Waals surface area contributed by atoms with E-state index in [0.717, 1.165) is 5.56 Å². The Hall–Kier alpha value is -1.27. The highest BCUT2D eigenvalue weighted by Crippen LogP contribution is 2.28. The third kappa shape index (κ3) is 3.73. The minimum absolute atomic E-state index is 0.00552. The Morgan fingerprint density at radius 1 is 1.14 bits per heavy atom. The molecule has 0 unspecified atom stereocenters. The van der Waals surface area contributed by atoms with Crippen LogP contribution in [0.4, 0.5) is 0 Å². The lowest BCUT2D eigenvalue weighted by Crippen LogP contribution is -2.24. The molecule has 1 N–H and O–H groups in total. The van der Waals surface area contributed by atoms with E-state index in [1.165, 1.54) is 19.2 Å². The number of hydrogen-bond donors (Lipinski definition) is 1. The summed E-state index contributed by atoms with van der Waals surface area (Å²) < 4.78 is 32.5. The Morgan fingerprint density at radius 3 is 2.50 bits per heavy atom. The van der Waals surface area contributed by atoms with Crippen LogP contribution in [0.5, 0.6) is 5.75 Å². The normalized spacial score (nSPS) is 11.5. The maximum atomic E-state index is 12.4. The number of aryl methyl sites for hydroxylation is 1. The van der Waals surface area contributed by atoms with Crippen molar-refractivity contribution < 1.29 is 13.2 Å². The van der Waals surface area contributed by atoms with E-state index in [9.17, 15) is 8.42 Å². The fourth-order valence-corrected chi connectivity index (χ4v) is 3.77. The van der Waals surface area contributed by atoms with Gasteiger partial charge in [0, 0.05) is 17.1 Å². The fraction of sp³-hybridized carbons (Fsp3) is 0.200. The van der Waals surface area contributed by atoms with E-state index >= 15 is 0 Å². The molecule has 118 valence electrons. The molecule has 2 aromatic carbocycles. The zero-order valence-corrected chi connectivity index (χ0v) is 14.4. The Kier molecular flexibility index (Phi) is 5.34. The van der Waals surface area contributed by atoms with Crippen LogP contribution >= 0.6 is 23.2 Å². The van der Waals surface area contributed by atoms with E-state index in [0.29, 0.717) is 16.3 Å². The average Bonchev–Trinajstić information content (AvgIpc) is 2.49. The van der Waals surface area contributed by atoms with Gasteiger partial charge < -0.3 is 4.74 Å². The molecule has 0 saturated carbocycles. The number of benzene rings is 2. The average molecular weight is 360 g/mol. The summed E-state index contributed by atoms with van der Waals surface area (Å²) in [6.07, 6.45) is 0. The Morgan fingerprint density at radius 2 is 1.82 bits per heavy atom. The van der Waals surface area contributed by atoms with E-state index < -0.39 is 10.0 Å². The molecular weight excluding hydrogens is 345 g/mol. The number of methoxy groups -OCH3 is 1. The first-order chi connectivity index (χ1) is 10.3. The molecule has 0 heterocycles. The smallest absolute Gasteiger partial charge is 0.242 e. The van der Waals surface area contributed by atoms with Gasteiger partial charge in [-0.1, -0.05) is 41.4 Å². The quantitative estimate of drug-likeness (QED) is 0.883. The molecule has 2 aromatic rings. The van der Waals surface area contributed by atoms with Crippen LogP contribution in [0.15, 0.2) is 41.3 Å². The van der Waals surface area contributed by atoms with Crippen molar-refractivity contribution >= 4 is 33.2 Å². The Bertz CT molecular complexity index is 791. The first-order valence-corrected chi connectivity index (χ1v) is 8.66. The molecule has 0 bridgehead atoms. The van der Waals surface area contributed by atoms with Crippen LogP contribution in [0.25, 0.3) is 0 Å². The summed E-state index contributed by atoms with van der Waals surface area (Å²) in [7, 11) is -2.22. The lowest BCUT2D eigenvalue weighted by molar-refractivity contribution is 0.409. The minimum Gasteiger partial charge on any atom is -0.496 e. The van der Waals surface area contributed by atoms with E-state index in [4.69, 9.17) is 27.9 Å². The lowest BCUT2D eigenvalue weighted by Gasteiger charge is -2.12. The molecule has 0 aliphatic heterocycles. The minimum atomic E-state index is -3.75. The third-order valence-electron chi connectivity index (χ3n) is 3.15. The van der Waals surface area contributed by atoms with Crippen molar-refractivity contribution in [2.75, 3.05) is 7.11 Å². The van der Waals surface area contributed by atoms with Crippen LogP contribution in [0.1, 0.15) is 11.1 Å².